The zero-order valence-corrected chi connectivity index (χ0v) is 14.3. The monoisotopic (exact) mass is 323 g/mol. The molecule has 4 nitrogen and oxygen atoms in total. The van der Waals surface area contributed by atoms with Crippen LogP contribution in [0.4, 0.5) is 0 Å². The maximum Gasteiger partial charge on any atom is 0.263 e. The minimum Gasteiger partial charge on any atom is -0.384 e. The number of rotatable bonds is 3. The topological polar surface area (TPSA) is 38.8 Å². The Morgan fingerprint density at radius 3 is 2.82 bits per heavy atom. The van der Waals surface area contributed by atoms with Crippen molar-refractivity contribution in [2.75, 3.05) is 40.0 Å². The van der Waals surface area contributed by atoms with Crippen LogP contribution in [-0.4, -0.2) is 50.8 Å². The lowest BCUT2D eigenvalue weighted by molar-refractivity contribution is -0.0912. The standard InChI is InChI=1S/C17H25NO3S/c1-13-3-4-15(22-13)16(19)18-8-5-17(6-9-18)7-10-21-12-14(17)11-20-2/h3-4,14H,5-12H2,1-2H3. The smallest absolute Gasteiger partial charge is 0.263 e. The number of piperidine rings is 1. The predicted molar refractivity (Wildman–Crippen MR) is 87.4 cm³/mol. The lowest BCUT2D eigenvalue weighted by Gasteiger charge is -2.48. The van der Waals surface area contributed by atoms with Crippen molar-refractivity contribution in [2.45, 2.75) is 26.2 Å². The number of hydrogen-bond acceptors (Lipinski definition) is 4. The molecule has 2 fully saturated rings. The molecule has 1 atom stereocenters. The van der Waals surface area contributed by atoms with E-state index in [2.05, 4.69) is 0 Å². The minimum atomic E-state index is 0.198. The van der Waals surface area contributed by atoms with Crippen LogP contribution in [0.15, 0.2) is 12.1 Å². The van der Waals surface area contributed by atoms with Gasteiger partial charge in [-0.2, -0.15) is 0 Å². The average molecular weight is 323 g/mol. The van der Waals surface area contributed by atoms with Gasteiger partial charge in [0.25, 0.3) is 5.91 Å². The van der Waals surface area contributed by atoms with E-state index in [0.29, 0.717) is 11.3 Å². The van der Waals surface area contributed by atoms with Crippen LogP contribution in [0.25, 0.3) is 0 Å². The summed E-state index contributed by atoms with van der Waals surface area (Å²) in [6.07, 6.45) is 3.24. The van der Waals surface area contributed by atoms with Gasteiger partial charge in [-0.1, -0.05) is 0 Å². The van der Waals surface area contributed by atoms with Gasteiger partial charge in [0.05, 0.1) is 18.1 Å². The van der Waals surface area contributed by atoms with Gasteiger partial charge >= 0.3 is 0 Å². The number of thiophene rings is 1. The average Bonchev–Trinajstić information content (AvgIpc) is 2.97. The molecule has 2 saturated heterocycles. The second-order valence-corrected chi connectivity index (χ2v) is 7.83. The predicted octanol–water partition coefficient (Wildman–Crippen LogP) is 2.96. The Morgan fingerprint density at radius 1 is 1.41 bits per heavy atom. The van der Waals surface area contributed by atoms with E-state index in [4.69, 9.17) is 9.47 Å². The summed E-state index contributed by atoms with van der Waals surface area (Å²) >= 11 is 1.59. The molecule has 0 radical (unpaired) electrons. The molecule has 1 aromatic heterocycles. The molecule has 3 heterocycles. The molecule has 1 spiro atoms. The van der Waals surface area contributed by atoms with Crippen LogP contribution in [-0.2, 0) is 9.47 Å². The van der Waals surface area contributed by atoms with E-state index in [1.54, 1.807) is 18.4 Å². The minimum absolute atomic E-state index is 0.198. The number of carbonyl (C=O) groups is 1. The largest absolute Gasteiger partial charge is 0.384 e. The molecule has 2 aliphatic heterocycles. The first-order valence-electron chi connectivity index (χ1n) is 8.07. The lowest BCUT2D eigenvalue weighted by atomic mass is 9.66. The Kier molecular flexibility index (Phi) is 4.85. The molecule has 1 amide bonds. The van der Waals surface area contributed by atoms with E-state index in [1.165, 1.54) is 4.88 Å². The zero-order valence-electron chi connectivity index (χ0n) is 13.5. The highest BCUT2D eigenvalue weighted by Crippen LogP contribution is 2.45. The number of amides is 1. The second kappa shape index (κ2) is 6.69. The van der Waals surface area contributed by atoms with Crippen molar-refractivity contribution in [3.8, 4) is 0 Å². The Morgan fingerprint density at radius 2 is 2.18 bits per heavy atom. The van der Waals surface area contributed by atoms with Crippen LogP contribution in [0.2, 0.25) is 0 Å². The fourth-order valence-corrected chi connectivity index (χ4v) is 4.66. The SMILES string of the molecule is COCC1COCCC12CCN(C(=O)c1ccc(C)s1)CC2. The summed E-state index contributed by atoms with van der Waals surface area (Å²) in [5.74, 6) is 0.663. The number of ether oxygens (including phenoxy) is 2. The van der Waals surface area contributed by atoms with Crippen LogP contribution < -0.4 is 0 Å². The first-order valence-corrected chi connectivity index (χ1v) is 8.89. The molecule has 0 saturated carbocycles. The molecule has 0 N–H and O–H groups in total. The zero-order chi connectivity index (χ0) is 15.6. The highest BCUT2D eigenvalue weighted by molar-refractivity contribution is 7.13. The Labute approximate surface area is 136 Å². The van der Waals surface area contributed by atoms with Crippen molar-refractivity contribution >= 4 is 17.2 Å². The van der Waals surface area contributed by atoms with Crippen molar-refractivity contribution in [2.24, 2.45) is 11.3 Å². The molecular weight excluding hydrogens is 298 g/mol. The normalized spacial score (nSPS) is 24.6. The van der Waals surface area contributed by atoms with E-state index in [0.717, 1.165) is 57.0 Å². The number of likely N-dealkylation sites (tertiary alicyclic amines) is 1. The summed E-state index contributed by atoms with van der Waals surface area (Å²) in [6.45, 7) is 6.16. The third-order valence-electron chi connectivity index (χ3n) is 5.29. The number of methoxy groups -OCH3 is 1. The van der Waals surface area contributed by atoms with Gasteiger partial charge in [0.1, 0.15) is 0 Å². The van der Waals surface area contributed by atoms with Gasteiger partial charge in [0, 0.05) is 37.6 Å². The van der Waals surface area contributed by atoms with Crippen LogP contribution in [0.3, 0.4) is 0 Å². The van der Waals surface area contributed by atoms with E-state index in [1.807, 2.05) is 24.0 Å². The Hall–Kier alpha value is -0.910. The highest BCUT2D eigenvalue weighted by Gasteiger charge is 2.44. The van der Waals surface area contributed by atoms with Gasteiger partial charge in [-0.25, -0.2) is 0 Å². The number of hydrogen-bond donors (Lipinski definition) is 0. The van der Waals surface area contributed by atoms with E-state index in [9.17, 15) is 4.79 Å². The number of aryl methyl sites for hydroxylation is 1. The van der Waals surface area contributed by atoms with Crippen LogP contribution >= 0.6 is 11.3 Å². The number of nitrogens with zero attached hydrogens (tertiary/aromatic N) is 1. The van der Waals surface area contributed by atoms with Gasteiger partial charge in [-0.3, -0.25) is 4.79 Å². The van der Waals surface area contributed by atoms with E-state index >= 15 is 0 Å². The molecule has 5 heteroatoms. The molecular formula is C17H25NO3S. The molecule has 0 aromatic carbocycles. The van der Waals surface area contributed by atoms with Crippen molar-refractivity contribution in [1.29, 1.82) is 0 Å². The third-order valence-corrected chi connectivity index (χ3v) is 6.28. The van der Waals surface area contributed by atoms with Crippen molar-refractivity contribution < 1.29 is 14.3 Å². The summed E-state index contributed by atoms with van der Waals surface area (Å²) in [6, 6.07) is 3.98. The first kappa shape index (κ1) is 16.0. The van der Waals surface area contributed by atoms with E-state index < -0.39 is 0 Å². The summed E-state index contributed by atoms with van der Waals surface area (Å²) < 4.78 is 11.0. The van der Waals surface area contributed by atoms with Gasteiger partial charge in [0.2, 0.25) is 0 Å². The fourth-order valence-electron chi connectivity index (χ4n) is 3.83. The van der Waals surface area contributed by atoms with Gasteiger partial charge < -0.3 is 14.4 Å². The molecule has 3 rings (SSSR count). The summed E-state index contributed by atoms with van der Waals surface area (Å²) in [5.41, 5.74) is 0.302. The van der Waals surface area contributed by atoms with Gasteiger partial charge in [-0.05, 0) is 43.7 Å². The quantitative estimate of drug-likeness (QED) is 0.858. The summed E-state index contributed by atoms with van der Waals surface area (Å²) in [4.78, 5) is 16.7. The van der Waals surface area contributed by atoms with Gasteiger partial charge in [0.15, 0.2) is 0 Å². The molecule has 0 aliphatic carbocycles. The van der Waals surface area contributed by atoms with Crippen LogP contribution in [0, 0.1) is 18.3 Å². The molecule has 22 heavy (non-hydrogen) atoms. The van der Waals surface area contributed by atoms with Crippen LogP contribution in [0.1, 0.15) is 33.8 Å². The molecule has 1 aromatic rings. The Balaban J connectivity index is 1.65. The molecule has 122 valence electrons. The molecule has 0 bridgehead atoms. The molecule has 1 unspecified atom stereocenters. The maximum atomic E-state index is 12.6. The molecule has 2 aliphatic rings. The highest BCUT2D eigenvalue weighted by atomic mass is 32.1. The maximum absolute atomic E-state index is 12.6. The van der Waals surface area contributed by atoms with E-state index in [-0.39, 0.29) is 5.91 Å². The second-order valence-electron chi connectivity index (χ2n) is 6.54. The Bertz CT molecular complexity index is 518. The van der Waals surface area contributed by atoms with Crippen molar-refractivity contribution in [3.05, 3.63) is 21.9 Å². The van der Waals surface area contributed by atoms with Crippen molar-refractivity contribution in [3.63, 3.8) is 0 Å². The number of carbonyl (C=O) groups excluding carboxylic acids is 1. The van der Waals surface area contributed by atoms with Crippen LogP contribution in [0.5, 0.6) is 0 Å². The lowest BCUT2D eigenvalue weighted by Crippen LogP contribution is -2.50. The fraction of sp³-hybridized carbons (Fsp3) is 0.706. The first-order chi connectivity index (χ1) is 10.6. The summed E-state index contributed by atoms with van der Waals surface area (Å²) in [7, 11) is 1.76. The van der Waals surface area contributed by atoms with Crippen molar-refractivity contribution in [1.82, 2.24) is 4.90 Å². The summed E-state index contributed by atoms with van der Waals surface area (Å²) in [5, 5.41) is 0. The van der Waals surface area contributed by atoms with Gasteiger partial charge in [-0.15, -0.1) is 11.3 Å². The third kappa shape index (κ3) is 3.07.